The summed E-state index contributed by atoms with van der Waals surface area (Å²) in [5.74, 6) is 0.511. The van der Waals surface area contributed by atoms with Gasteiger partial charge in [-0.05, 0) is 13.3 Å². The third-order valence-electron chi connectivity index (χ3n) is 2.61. The number of rotatable bonds is 3. The van der Waals surface area contributed by atoms with Crippen molar-refractivity contribution in [2.75, 3.05) is 18.1 Å². The SMILES string of the molecule is CCOC(=O)[C@@H]1C=CN(c2cnccn2)CC1. The summed E-state index contributed by atoms with van der Waals surface area (Å²) in [5.41, 5.74) is 0. The van der Waals surface area contributed by atoms with Gasteiger partial charge in [-0.3, -0.25) is 9.78 Å². The fourth-order valence-corrected chi connectivity index (χ4v) is 1.73. The molecule has 5 nitrogen and oxygen atoms in total. The normalized spacial score (nSPS) is 19.1. The van der Waals surface area contributed by atoms with E-state index in [1.165, 1.54) is 0 Å². The highest BCUT2D eigenvalue weighted by Crippen LogP contribution is 2.19. The number of hydrogen-bond donors (Lipinski definition) is 0. The van der Waals surface area contributed by atoms with Crippen LogP contribution in [0.25, 0.3) is 0 Å². The monoisotopic (exact) mass is 233 g/mol. The van der Waals surface area contributed by atoms with Crippen LogP contribution in [0.2, 0.25) is 0 Å². The second-order valence-electron chi connectivity index (χ2n) is 3.75. The molecular weight excluding hydrogens is 218 g/mol. The van der Waals surface area contributed by atoms with E-state index in [-0.39, 0.29) is 11.9 Å². The van der Waals surface area contributed by atoms with Gasteiger partial charge < -0.3 is 9.64 Å². The highest BCUT2D eigenvalue weighted by Gasteiger charge is 2.22. The molecule has 1 aromatic heterocycles. The first-order valence-electron chi connectivity index (χ1n) is 5.69. The average Bonchev–Trinajstić information content (AvgIpc) is 2.40. The predicted octanol–water partition coefficient (Wildman–Crippen LogP) is 1.38. The van der Waals surface area contributed by atoms with Crippen LogP contribution in [0, 0.1) is 5.92 Å². The molecule has 1 atom stereocenters. The molecule has 0 aliphatic carbocycles. The van der Waals surface area contributed by atoms with Crippen LogP contribution in [-0.4, -0.2) is 29.1 Å². The van der Waals surface area contributed by atoms with E-state index < -0.39 is 0 Å². The maximum Gasteiger partial charge on any atom is 0.312 e. The van der Waals surface area contributed by atoms with Crippen molar-refractivity contribution in [2.24, 2.45) is 5.92 Å². The van der Waals surface area contributed by atoms with Gasteiger partial charge in [-0.25, -0.2) is 4.98 Å². The van der Waals surface area contributed by atoms with Crippen molar-refractivity contribution in [2.45, 2.75) is 13.3 Å². The van der Waals surface area contributed by atoms with Gasteiger partial charge in [0.05, 0.1) is 18.7 Å². The zero-order chi connectivity index (χ0) is 12.1. The highest BCUT2D eigenvalue weighted by atomic mass is 16.5. The molecule has 2 rings (SSSR count). The van der Waals surface area contributed by atoms with Gasteiger partial charge in [0.1, 0.15) is 0 Å². The second kappa shape index (κ2) is 5.43. The zero-order valence-electron chi connectivity index (χ0n) is 9.74. The molecule has 5 heteroatoms. The molecular formula is C12H15N3O2. The summed E-state index contributed by atoms with van der Waals surface area (Å²) >= 11 is 0. The number of carbonyl (C=O) groups is 1. The smallest absolute Gasteiger partial charge is 0.312 e. The minimum absolute atomic E-state index is 0.136. The summed E-state index contributed by atoms with van der Waals surface area (Å²) in [6.45, 7) is 2.99. The average molecular weight is 233 g/mol. The maximum absolute atomic E-state index is 11.5. The Balaban J connectivity index is 2.00. The lowest BCUT2D eigenvalue weighted by molar-refractivity contribution is -0.146. The quantitative estimate of drug-likeness (QED) is 0.738. The number of ether oxygens (including phenoxy) is 1. The topological polar surface area (TPSA) is 55.3 Å². The minimum atomic E-state index is -0.150. The van der Waals surface area contributed by atoms with E-state index in [0.29, 0.717) is 6.61 Å². The number of hydrogen-bond acceptors (Lipinski definition) is 5. The van der Waals surface area contributed by atoms with Crippen molar-refractivity contribution < 1.29 is 9.53 Å². The summed E-state index contributed by atoms with van der Waals surface area (Å²) in [6.07, 6.45) is 9.46. The van der Waals surface area contributed by atoms with E-state index in [9.17, 15) is 4.79 Å². The lowest BCUT2D eigenvalue weighted by atomic mass is 10.0. The molecule has 0 fully saturated rings. The van der Waals surface area contributed by atoms with E-state index in [1.807, 2.05) is 24.1 Å². The molecule has 0 aromatic carbocycles. The number of nitrogens with zero attached hydrogens (tertiary/aromatic N) is 3. The van der Waals surface area contributed by atoms with Crippen molar-refractivity contribution in [3.63, 3.8) is 0 Å². The summed E-state index contributed by atoms with van der Waals surface area (Å²) < 4.78 is 4.99. The number of aromatic nitrogens is 2. The molecule has 0 N–H and O–H groups in total. The third kappa shape index (κ3) is 2.81. The fourth-order valence-electron chi connectivity index (χ4n) is 1.73. The van der Waals surface area contributed by atoms with Crippen LogP contribution < -0.4 is 4.90 Å². The summed E-state index contributed by atoms with van der Waals surface area (Å²) in [7, 11) is 0. The van der Waals surface area contributed by atoms with Crippen LogP contribution in [0.1, 0.15) is 13.3 Å². The standard InChI is InChI=1S/C12H15N3O2/c1-2-17-12(16)10-3-7-15(8-4-10)11-9-13-5-6-14-11/h3,5-7,9-10H,2,4,8H2,1H3/t10-/m1/s1. The number of carbonyl (C=O) groups excluding carboxylic acids is 1. The summed E-state index contributed by atoms with van der Waals surface area (Å²) in [6, 6.07) is 0. The zero-order valence-corrected chi connectivity index (χ0v) is 9.74. The molecule has 0 saturated heterocycles. The van der Waals surface area contributed by atoms with E-state index in [2.05, 4.69) is 9.97 Å². The van der Waals surface area contributed by atoms with Crippen molar-refractivity contribution in [1.29, 1.82) is 0 Å². The van der Waals surface area contributed by atoms with Gasteiger partial charge >= 0.3 is 5.97 Å². The third-order valence-corrected chi connectivity index (χ3v) is 2.61. The summed E-state index contributed by atoms with van der Waals surface area (Å²) in [5, 5.41) is 0. The molecule has 1 aliphatic heterocycles. The fraction of sp³-hybridized carbons (Fsp3) is 0.417. The molecule has 1 aliphatic rings. The van der Waals surface area contributed by atoms with E-state index >= 15 is 0 Å². The Hall–Kier alpha value is -1.91. The van der Waals surface area contributed by atoms with Gasteiger partial charge in [-0.1, -0.05) is 6.08 Å². The Morgan fingerprint density at radius 1 is 1.59 bits per heavy atom. The van der Waals surface area contributed by atoms with Gasteiger partial charge in [0.15, 0.2) is 5.82 Å². The predicted molar refractivity (Wildman–Crippen MR) is 63.3 cm³/mol. The lowest BCUT2D eigenvalue weighted by Gasteiger charge is -2.25. The molecule has 90 valence electrons. The molecule has 0 spiro atoms. The van der Waals surface area contributed by atoms with Crippen molar-refractivity contribution >= 4 is 11.8 Å². The van der Waals surface area contributed by atoms with E-state index in [0.717, 1.165) is 18.8 Å². The highest BCUT2D eigenvalue weighted by molar-refractivity contribution is 5.75. The van der Waals surface area contributed by atoms with Crippen LogP contribution in [0.5, 0.6) is 0 Å². The maximum atomic E-state index is 11.5. The lowest BCUT2D eigenvalue weighted by Crippen LogP contribution is -2.29. The Morgan fingerprint density at radius 2 is 2.47 bits per heavy atom. The van der Waals surface area contributed by atoms with Crippen LogP contribution in [0.15, 0.2) is 30.9 Å². The van der Waals surface area contributed by atoms with Crippen LogP contribution in [0.3, 0.4) is 0 Å². The molecule has 1 aromatic rings. The van der Waals surface area contributed by atoms with E-state index in [4.69, 9.17) is 4.74 Å². The van der Waals surface area contributed by atoms with E-state index in [1.54, 1.807) is 18.6 Å². The Morgan fingerprint density at radius 3 is 3.06 bits per heavy atom. The van der Waals surface area contributed by atoms with Crippen LogP contribution in [-0.2, 0) is 9.53 Å². The van der Waals surface area contributed by atoms with Crippen LogP contribution in [0.4, 0.5) is 5.82 Å². The Labute approximate surface area is 100 Å². The number of esters is 1. The van der Waals surface area contributed by atoms with Crippen molar-refractivity contribution in [3.05, 3.63) is 30.9 Å². The molecule has 0 bridgehead atoms. The molecule has 0 amide bonds. The van der Waals surface area contributed by atoms with Gasteiger partial charge in [-0.2, -0.15) is 0 Å². The Kier molecular flexibility index (Phi) is 3.69. The Bertz CT molecular complexity index is 405. The molecule has 0 unspecified atom stereocenters. The first-order valence-corrected chi connectivity index (χ1v) is 5.69. The molecule has 17 heavy (non-hydrogen) atoms. The molecule has 0 radical (unpaired) electrons. The van der Waals surface area contributed by atoms with Crippen molar-refractivity contribution in [3.8, 4) is 0 Å². The minimum Gasteiger partial charge on any atom is -0.466 e. The number of anilines is 1. The molecule has 2 heterocycles. The van der Waals surface area contributed by atoms with Gasteiger partial charge in [0, 0.05) is 25.1 Å². The van der Waals surface area contributed by atoms with Gasteiger partial charge in [0.2, 0.25) is 0 Å². The molecule has 0 saturated carbocycles. The first-order chi connectivity index (χ1) is 8.31. The van der Waals surface area contributed by atoms with Crippen LogP contribution >= 0.6 is 0 Å². The van der Waals surface area contributed by atoms with Crippen molar-refractivity contribution in [1.82, 2.24) is 9.97 Å². The second-order valence-corrected chi connectivity index (χ2v) is 3.75. The van der Waals surface area contributed by atoms with Gasteiger partial charge in [-0.15, -0.1) is 0 Å². The van der Waals surface area contributed by atoms with Gasteiger partial charge in [0.25, 0.3) is 0 Å². The summed E-state index contributed by atoms with van der Waals surface area (Å²) in [4.78, 5) is 21.7. The first kappa shape index (κ1) is 11.6. The largest absolute Gasteiger partial charge is 0.466 e.